The molecule has 3 rings (SSSR count). The Kier molecular flexibility index (Phi) is 3.94. The Hall–Kier alpha value is -3.02. The van der Waals surface area contributed by atoms with Gasteiger partial charge in [0.05, 0.1) is 19.4 Å². The van der Waals surface area contributed by atoms with E-state index in [1.807, 2.05) is 6.07 Å². The van der Waals surface area contributed by atoms with Crippen molar-refractivity contribution in [2.75, 3.05) is 13.2 Å². The Labute approximate surface area is 149 Å². The number of fused-ring (bicyclic) bond motifs is 3. The molecule has 0 N–H and O–H groups in total. The molecule has 1 fully saturated rings. The number of nitriles is 1. The van der Waals surface area contributed by atoms with Gasteiger partial charge >= 0.3 is 11.9 Å². The number of Topliss-reactive ketones (excluding diaryl/α,β-unsaturated/α-hetero) is 1. The summed E-state index contributed by atoms with van der Waals surface area (Å²) in [6, 6.07) is 1.95. The molecule has 2 heterocycles. The molecule has 1 aliphatic carbocycles. The summed E-state index contributed by atoms with van der Waals surface area (Å²) in [5, 5.41) is 13.4. The molecule has 1 aromatic heterocycles. The first kappa shape index (κ1) is 17.8. The minimum absolute atomic E-state index is 0.0576. The molecule has 3 unspecified atom stereocenters. The van der Waals surface area contributed by atoms with Gasteiger partial charge in [0.2, 0.25) is 0 Å². The van der Waals surface area contributed by atoms with Crippen molar-refractivity contribution in [3.8, 4) is 6.07 Å². The molecular formula is C17H18N4O5. The molecule has 0 radical (unpaired) electrons. The monoisotopic (exact) mass is 358 g/mol. The molecule has 0 aromatic carbocycles. The second-order valence-electron chi connectivity index (χ2n) is 6.14. The van der Waals surface area contributed by atoms with Crippen LogP contribution in [0, 0.1) is 22.7 Å². The Morgan fingerprint density at radius 2 is 1.96 bits per heavy atom. The zero-order valence-electron chi connectivity index (χ0n) is 14.9. The van der Waals surface area contributed by atoms with Crippen molar-refractivity contribution in [3.05, 3.63) is 11.8 Å². The SMILES string of the molecule is CCOC(=O)C1C2(C(C)=O)C(C)=Nc3c(C#N)cnn3C12C(=O)OCC. The number of ether oxygens (including phenoxy) is 2. The van der Waals surface area contributed by atoms with Gasteiger partial charge in [0.1, 0.15) is 28.7 Å². The number of carbonyl (C=O) groups excluding carboxylic acids is 3. The Bertz CT molecular complexity index is 895. The second kappa shape index (κ2) is 5.76. The van der Waals surface area contributed by atoms with Crippen molar-refractivity contribution in [2.24, 2.45) is 16.3 Å². The lowest BCUT2D eigenvalue weighted by atomic mass is 9.88. The van der Waals surface area contributed by atoms with Gasteiger partial charge in [-0.25, -0.2) is 14.5 Å². The van der Waals surface area contributed by atoms with Crippen LogP contribution in [0.1, 0.15) is 33.3 Å². The molecule has 0 saturated heterocycles. The molecule has 1 saturated carbocycles. The molecule has 9 heteroatoms. The molecule has 0 spiro atoms. The van der Waals surface area contributed by atoms with Crippen molar-refractivity contribution in [1.29, 1.82) is 5.26 Å². The van der Waals surface area contributed by atoms with Gasteiger partial charge in [-0.3, -0.25) is 9.59 Å². The topological polar surface area (TPSA) is 124 Å². The molecule has 1 aromatic rings. The maximum Gasteiger partial charge on any atom is 0.336 e. The quantitative estimate of drug-likeness (QED) is 0.716. The lowest BCUT2D eigenvalue weighted by Crippen LogP contribution is -2.44. The van der Waals surface area contributed by atoms with Gasteiger partial charge in [-0.1, -0.05) is 0 Å². The largest absolute Gasteiger partial charge is 0.466 e. The minimum Gasteiger partial charge on any atom is -0.466 e. The van der Waals surface area contributed by atoms with Gasteiger partial charge in [0.25, 0.3) is 0 Å². The standard InChI is InChI=1S/C17H18N4O5/c1-5-25-14(23)12-16(10(4)22)9(3)20-13-11(7-18)8-19-21(13)17(12,16)15(24)26-6-2/h8,12H,5-6H2,1-4H3. The average molecular weight is 358 g/mol. The van der Waals surface area contributed by atoms with E-state index in [0.29, 0.717) is 0 Å². The summed E-state index contributed by atoms with van der Waals surface area (Å²) in [6.07, 6.45) is 1.25. The minimum atomic E-state index is -1.72. The third-order valence-electron chi connectivity index (χ3n) is 5.08. The van der Waals surface area contributed by atoms with E-state index in [-0.39, 0.29) is 30.3 Å². The van der Waals surface area contributed by atoms with E-state index in [9.17, 15) is 19.6 Å². The molecule has 0 bridgehead atoms. The van der Waals surface area contributed by atoms with E-state index in [0.717, 1.165) is 0 Å². The summed E-state index contributed by atoms with van der Waals surface area (Å²) in [6.45, 7) is 6.27. The van der Waals surface area contributed by atoms with E-state index in [1.54, 1.807) is 20.8 Å². The molecule has 3 atom stereocenters. The maximum absolute atomic E-state index is 13.0. The van der Waals surface area contributed by atoms with Crippen molar-refractivity contribution in [2.45, 2.75) is 33.2 Å². The Morgan fingerprint density at radius 3 is 2.50 bits per heavy atom. The van der Waals surface area contributed by atoms with Crippen LogP contribution in [0.3, 0.4) is 0 Å². The summed E-state index contributed by atoms with van der Waals surface area (Å²) in [5.74, 6) is -2.90. The number of aliphatic imine (C=N–C) groups is 1. The van der Waals surface area contributed by atoms with E-state index in [2.05, 4.69) is 10.1 Å². The first-order valence-electron chi connectivity index (χ1n) is 8.24. The fourth-order valence-electron chi connectivity index (χ4n) is 4.17. The van der Waals surface area contributed by atoms with Gasteiger partial charge in [0.15, 0.2) is 11.4 Å². The maximum atomic E-state index is 13.0. The zero-order valence-corrected chi connectivity index (χ0v) is 14.9. The van der Waals surface area contributed by atoms with Crippen LogP contribution in [0.5, 0.6) is 0 Å². The normalized spacial score (nSPS) is 28.1. The van der Waals surface area contributed by atoms with E-state index in [4.69, 9.17) is 9.47 Å². The third-order valence-corrected chi connectivity index (χ3v) is 5.08. The third kappa shape index (κ3) is 1.76. The van der Waals surface area contributed by atoms with Crippen LogP contribution in [-0.4, -0.2) is 46.4 Å². The average Bonchev–Trinajstić information content (AvgIpc) is 3.09. The number of aromatic nitrogens is 2. The summed E-state index contributed by atoms with van der Waals surface area (Å²) in [4.78, 5) is 42.7. The first-order valence-corrected chi connectivity index (χ1v) is 8.24. The van der Waals surface area contributed by atoms with E-state index < -0.39 is 34.6 Å². The van der Waals surface area contributed by atoms with Gasteiger partial charge in [-0.2, -0.15) is 10.4 Å². The predicted octanol–water partition coefficient (Wildman–Crippen LogP) is 0.887. The number of carbonyl (C=O) groups is 3. The summed E-state index contributed by atoms with van der Waals surface area (Å²) in [5.41, 5.74) is -2.85. The first-order chi connectivity index (χ1) is 12.3. The molecule has 9 nitrogen and oxygen atoms in total. The number of hydrogen-bond acceptors (Lipinski definition) is 8. The van der Waals surface area contributed by atoms with Gasteiger partial charge in [-0.15, -0.1) is 0 Å². The number of ketones is 1. The second-order valence-corrected chi connectivity index (χ2v) is 6.14. The summed E-state index contributed by atoms with van der Waals surface area (Å²) >= 11 is 0. The van der Waals surface area contributed by atoms with Crippen LogP contribution in [0.15, 0.2) is 11.2 Å². The van der Waals surface area contributed by atoms with Crippen molar-refractivity contribution >= 4 is 29.3 Å². The fraction of sp³-hybridized carbons (Fsp3) is 0.529. The van der Waals surface area contributed by atoms with Crippen LogP contribution >= 0.6 is 0 Å². The van der Waals surface area contributed by atoms with Crippen LogP contribution in [0.25, 0.3) is 0 Å². The van der Waals surface area contributed by atoms with Crippen LogP contribution in [0.2, 0.25) is 0 Å². The lowest BCUT2D eigenvalue weighted by Gasteiger charge is -2.27. The molecule has 136 valence electrons. The number of esters is 2. The highest BCUT2D eigenvalue weighted by Crippen LogP contribution is 2.71. The molecule has 2 aliphatic rings. The summed E-state index contributed by atoms with van der Waals surface area (Å²) < 4.78 is 11.5. The van der Waals surface area contributed by atoms with Gasteiger partial charge in [-0.05, 0) is 27.7 Å². The number of nitrogens with zero attached hydrogens (tertiary/aromatic N) is 4. The van der Waals surface area contributed by atoms with Crippen molar-refractivity contribution in [1.82, 2.24) is 9.78 Å². The van der Waals surface area contributed by atoms with Crippen LogP contribution in [-0.2, 0) is 29.4 Å². The Balaban J connectivity index is 2.34. The molecule has 0 amide bonds. The highest BCUT2D eigenvalue weighted by atomic mass is 16.5. The van der Waals surface area contributed by atoms with E-state index >= 15 is 0 Å². The number of hydrogen-bond donors (Lipinski definition) is 0. The smallest absolute Gasteiger partial charge is 0.336 e. The van der Waals surface area contributed by atoms with Crippen molar-refractivity contribution in [3.63, 3.8) is 0 Å². The lowest BCUT2D eigenvalue weighted by molar-refractivity contribution is -0.155. The predicted molar refractivity (Wildman–Crippen MR) is 87.6 cm³/mol. The highest BCUT2D eigenvalue weighted by molar-refractivity contribution is 6.24. The fourth-order valence-corrected chi connectivity index (χ4v) is 4.17. The molecular weight excluding hydrogens is 340 g/mol. The highest BCUT2D eigenvalue weighted by Gasteiger charge is 2.92. The van der Waals surface area contributed by atoms with E-state index in [1.165, 1.54) is 17.8 Å². The Morgan fingerprint density at radius 1 is 1.31 bits per heavy atom. The zero-order chi connectivity index (χ0) is 19.3. The van der Waals surface area contributed by atoms with Crippen LogP contribution in [0.4, 0.5) is 5.82 Å². The number of rotatable bonds is 5. The molecule has 1 aliphatic heterocycles. The molecule has 26 heavy (non-hydrogen) atoms. The van der Waals surface area contributed by atoms with Crippen LogP contribution < -0.4 is 0 Å². The summed E-state index contributed by atoms with van der Waals surface area (Å²) in [7, 11) is 0. The van der Waals surface area contributed by atoms with Gasteiger partial charge < -0.3 is 9.47 Å². The van der Waals surface area contributed by atoms with Crippen molar-refractivity contribution < 1.29 is 23.9 Å². The van der Waals surface area contributed by atoms with Gasteiger partial charge in [0, 0.05) is 5.71 Å².